The van der Waals surface area contributed by atoms with Crippen LogP contribution in [0.15, 0.2) is 22.7 Å². The predicted molar refractivity (Wildman–Crippen MR) is 58.0 cm³/mol. The molecule has 0 spiro atoms. The summed E-state index contributed by atoms with van der Waals surface area (Å²) in [6.45, 7) is 1.79. The highest BCUT2D eigenvalue weighted by molar-refractivity contribution is 9.10. The van der Waals surface area contributed by atoms with E-state index in [0.29, 0.717) is 10.2 Å². The van der Waals surface area contributed by atoms with Crippen LogP contribution in [-0.2, 0) is 4.79 Å². The zero-order chi connectivity index (χ0) is 11.4. The summed E-state index contributed by atoms with van der Waals surface area (Å²) in [5, 5.41) is 0. The van der Waals surface area contributed by atoms with Crippen LogP contribution in [0.2, 0.25) is 0 Å². The highest BCUT2D eigenvalue weighted by atomic mass is 79.9. The molecule has 0 aliphatic rings. The van der Waals surface area contributed by atoms with Crippen molar-refractivity contribution in [3.8, 4) is 5.75 Å². The molecule has 1 aromatic carbocycles. The third-order valence-corrected chi connectivity index (χ3v) is 2.28. The number of benzene rings is 1. The molecule has 1 unspecified atom stereocenters. The Balaban J connectivity index is 2.61. The van der Waals surface area contributed by atoms with Gasteiger partial charge in [-0.1, -0.05) is 22.9 Å². The van der Waals surface area contributed by atoms with Gasteiger partial charge in [0.25, 0.3) is 0 Å². The van der Waals surface area contributed by atoms with Gasteiger partial charge in [-0.2, -0.15) is 0 Å². The molecule has 0 saturated heterocycles. The maximum atomic E-state index is 12.9. The van der Waals surface area contributed by atoms with Crippen molar-refractivity contribution in [3.05, 3.63) is 28.5 Å². The second-order valence-corrected chi connectivity index (χ2v) is 4.14. The Morgan fingerprint density at radius 1 is 1.60 bits per heavy atom. The number of halogens is 2. The number of hydrogen-bond donors (Lipinski definition) is 1. The minimum Gasteiger partial charge on any atom is -0.493 e. The Kier molecular flexibility index (Phi) is 4.08. The molecule has 82 valence electrons. The molecule has 0 radical (unpaired) electrons. The van der Waals surface area contributed by atoms with Gasteiger partial charge in [-0.25, -0.2) is 4.39 Å². The normalized spacial score (nSPS) is 12.2. The van der Waals surface area contributed by atoms with Crippen molar-refractivity contribution < 1.29 is 13.9 Å². The summed E-state index contributed by atoms with van der Waals surface area (Å²) >= 11 is 3.14. The van der Waals surface area contributed by atoms with Crippen LogP contribution >= 0.6 is 15.9 Å². The first-order chi connectivity index (χ1) is 6.99. The van der Waals surface area contributed by atoms with Crippen LogP contribution in [0.1, 0.15) is 6.92 Å². The van der Waals surface area contributed by atoms with E-state index in [2.05, 4.69) is 15.9 Å². The third kappa shape index (κ3) is 3.87. The van der Waals surface area contributed by atoms with Crippen LogP contribution in [-0.4, -0.2) is 12.5 Å². The van der Waals surface area contributed by atoms with Crippen LogP contribution in [0.25, 0.3) is 0 Å². The standard InChI is InChI=1S/C10H11BrFNO2/c1-6(10(13)14)5-15-9-3-7(11)2-8(12)4-9/h2-4,6H,5H2,1H3,(H2,13,14). The molecule has 0 aliphatic heterocycles. The topological polar surface area (TPSA) is 52.3 Å². The van der Waals surface area contributed by atoms with E-state index in [9.17, 15) is 9.18 Å². The molecular formula is C10H11BrFNO2. The van der Waals surface area contributed by atoms with Gasteiger partial charge in [-0.3, -0.25) is 4.79 Å². The fourth-order valence-corrected chi connectivity index (χ4v) is 1.36. The summed E-state index contributed by atoms with van der Waals surface area (Å²) in [6, 6.07) is 4.19. The smallest absolute Gasteiger partial charge is 0.223 e. The number of ether oxygens (including phenoxy) is 1. The third-order valence-electron chi connectivity index (χ3n) is 1.82. The SMILES string of the molecule is CC(COc1cc(F)cc(Br)c1)C(N)=O. The van der Waals surface area contributed by atoms with E-state index < -0.39 is 17.6 Å². The van der Waals surface area contributed by atoms with Crippen molar-refractivity contribution in [2.45, 2.75) is 6.92 Å². The van der Waals surface area contributed by atoms with Crippen LogP contribution in [0.5, 0.6) is 5.75 Å². The second-order valence-electron chi connectivity index (χ2n) is 3.22. The average Bonchev–Trinajstić information content (AvgIpc) is 2.12. The predicted octanol–water partition coefficient (Wildman–Crippen LogP) is 2.09. The first-order valence-electron chi connectivity index (χ1n) is 4.37. The zero-order valence-corrected chi connectivity index (χ0v) is 9.75. The summed E-state index contributed by atoms with van der Waals surface area (Å²) in [4.78, 5) is 10.7. The molecule has 1 amide bonds. The van der Waals surface area contributed by atoms with Crippen LogP contribution in [0.4, 0.5) is 4.39 Å². The van der Waals surface area contributed by atoms with Gasteiger partial charge in [0.2, 0.25) is 5.91 Å². The molecule has 2 N–H and O–H groups in total. The van der Waals surface area contributed by atoms with E-state index in [0.717, 1.165) is 0 Å². The van der Waals surface area contributed by atoms with Gasteiger partial charge >= 0.3 is 0 Å². The van der Waals surface area contributed by atoms with Gasteiger partial charge in [0, 0.05) is 10.5 Å². The highest BCUT2D eigenvalue weighted by Gasteiger charge is 2.09. The molecule has 0 fully saturated rings. The Labute approximate surface area is 95.5 Å². The second kappa shape index (κ2) is 5.11. The van der Waals surface area contributed by atoms with Crippen LogP contribution in [0.3, 0.4) is 0 Å². The maximum Gasteiger partial charge on any atom is 0.223 e. The van der Waals surface area contributed by atoms with E-state index in [1.165, 1.54) is 12.1 Å². The highest BCUT2D eigenvalue weighted by Crippen LogP contribution is 2.20. The van der Waals surface area contributed by atoms with Crippen molar-refractivity contribution in [3.63, 3.8) is 0 Å². The molecule has 1 aromatic rings. The van der Waals surface area contributed by atoms with Gasteiger partial charge < -0.3 is 10.5 Å². The minimum absolute atomic E-state index is 0.144. The molecule has 0 heterocycles. The Morgan fingerprint density at radius 3 is 2.80 bits per heavy atom. The number of carbonyl (C=O) groups excluding carboxylic acids is 1. The molecule has 15 heavy (non-hydrogen) atoms. The molecule has 5 heteroatoms. The fraction of sp³-hybridized carbons (Fsp3) is 0.300. The summed E-state index contributed by atoms with van der Waals surface area (Å²) in [5.41, 5.74) is 5.06. The summed E-state index contributed by atoms with van der Waals surface area (Å²) < 4.78 is 18.7. The summed E-state index contributed by atoms with van der Waals surface area (Å²) in [5.74, 6) is -0.862. The number of nitrogens with two attached hydrogens (primary N) is 1. The lowest BCUT2D eigenvalue weighted by Crippen LogP contribution is -2.25. The van der Waals surface area contributed by atoms with Gasteiger partial charge in [0.05, 0.1) is 12.5 Å². The number of hydrogen-bond acceptors (Lipinski definition) is 2. The lowest BCUT2D eigenvalue weighted by molar-refractivity contribution is -0.122. The van der Waals surface area contributed by atoms with Gasteiger partial charge in [-0.15, -0.1) is 0 Å². The molecule has 1 atom stereocenters. The Bertz CT molecular complexity index is 350. The molecule has 0 aliphatic carbocycles. The average molecular weight is 276 g/mol. The van der Waals surface area contributed by atoms with Crippen molar-refractivity contribution in [1.29, 1.82) is 0 Å². The van der Waals surface area contributed by atoms with E-state index in [-0.39, 0.29) is 6.61 Å². The molecule has 1 rings (SSSR count). The first kappa shape index (κ1) is 12.0. The molecule has 0 bridgehead atoms. The minimum atomic E-state index is -0.439. The molecule has 0 saturated carbocycles. The van der Waals surface area contributed by atoms with E-state index >= 15 is 0 Å². The number of carbonyl (C=O) groups is 1. The summed E-state index contributed by atoms with van der Waals surface area (Å²) in [7, 11) is 0. The first-order valence-corrected chi connectivity index (χ1v) is 5.16. The monoisotopic (exact) mass is 275 g/mol. The van der Waals surface area contributed by atoms with Crippen molar-refractivity contribution >= 4 is 21.8 Å². The van der Waals surface area contributed by atoms with Gasteiger partial charge in [0.1, 0.15) is 11.6 Å². The quantitative estimate of drug-likeness (QED) is 0.915. The number of amides is 1. The van der Waals surface area contributed by atoms with Crippen LogP contribution in [0, 0.1) is 11.7 Å². The molecule has 0 aromatic heterocycles. The van der Waals surface area contributed by atoms with Crippen molar-refractivity contribution in [1.82, 2.24) is 0 Å². The van der Waals surface area contributed by atoms with Gasteiger partial charge in [-0.05, 0) is 12.1 Å². The van der Waals surface area contributed by atoms with Gasteiger partial charge in [0.15, 0.2) is 0 Å². The number of rotatable bonds is 4. The Hall–Kier alpha value is -1.10. The van der Waals surface area contributed by atoms with Crippen LogP contribution < -0.4 is 10.5 Å². The fourth-order valence-electron chi connectivity index (χ4n) is 0.915. The summed E-state index contributed by atoms with van der Waals surface area (Å²) in [6.07, 6.45) is 0. The lowest BCUT2D eigenvalue weighted by Gasteiger charge is -2.10. The molecule has 3 nitrogen and oxygen atoms in total. The Morgan fingerprint density at radius 2 is 2.27 bits per heavy atom. The van der Waals surface area contributed by atoms with E-state index in [1.54, 1.807) is 13.0 Å². The van der Waals surface area contributed by atoms with Crippen molar-refractivity contribution in [2.75, 3.05) is 6.61 Å². The lowest BCUT2D eigenvalue weighted by atomic mass is 10.2. The molecular weight excluding hydrogens is 265 g/mol. The van der Waals surface area contributed by atoms with E-state index in [1.807, 2.05) is 0 Å². The zero-order valence-electron chi connectivity index (χ0n) is 8.17. The maximum absolute atomic E-state index is 12.9. The largest absolute Gasteiger partial charge is 0.493 e. The van der Waals surface area contributed by atoms with E-state index in [4.69, 9.17) is 10.5 Å². The van der Waals surface area contributed by atoms with Crippen molar-refractivity contribution in [2.24, 2.45) is 11.7 Å². The number of primary amides is 1.